The van der Waals surface area contributed by atoms with Crippen LogP contribution in [0.3, 0.4) is 0 Å². The Morgan fingerprint density at radius 3 is 2.79 bits per heavy atom. The van der Waals surface area contributed by atoms with Gasteiger partial charge >= 0.3 is 0 Å². The first-order valence-electron chi connectivity index (χ1n) is 9.05. The predicted octanol–water partition coefficient (Wildman–Crippen LogP) is 3.14. The van der Waals surface area contributed by atoms with E-state index in [-0.39, 0.29) is 18.6 Å². The number of amides is 1. The molecule has 0 aliphatic carbocycles. The summed E-state index contributed by atoms with van der Waals surface area (Å²) in [5.41, 5.74) is 0.474. The Balaban J connectivity index is 1.63. The number of nitrogens with zero attached hydrogens (tertiary/aromatic N) is 6. The molecule has 0 fully saturated rings. The molecule has 9 nitrogen and oxygen atoms in total. The largest absolute Gasteiger partial charge is 0.486 e. The van der Waals surface area contributed by atoms with Crippen molar-refractivity contribution in [1.82, 2.24) is 30.4 Å². The number of aromatic nitrogens is 6. The van der Waals surface area contributed by atoms with Crippen molar-refractivity contribution in [3.63, 3.8) is 0 Å². The molecule has 0 aliphatic rings. The third-order valence-corrected chi connectivity index (χ3v) is 4.65. The molecule has 0 aliphatic heterocycles. The second kappa shape index (κ2) is 8.87. The van der Waals surface area contributed by atoms with Crippen LogP contribution in [0.4, 0.5) is 5.13 Å². The van der Waals surface area contributed by atoms with E-state index >= 15 is 0 Å². The number of carbonyl (C=O) groups excluding carboxylic acids is 1. The van der Waals surface area contributed by atoms with Crippen molar-refractivity contribution in [2.24, 2.45) is 5.92 Å². The molecule has 10 heteroatoms. The zero-order valence-electron chi connectivity index (χ0n) is 16.3. The van der Waals surface area contributed by atoms with Gasteiger partial charge in [-0.2, -0.15) is 0 Å². The van der Waals surface area contributed by atoms with Gasteiger partial charge in [-0.1, -0.05) is 31.3 Å². The van der Waals surface area contributed by atoms with Crippen LogP contribution in [-0.4, -0.2) is 36.3 Å². The van der Waals surface area contributed by atoms with Gasteiger partial charge in [0.15, 0.2) is 5.82 Å². The maximum absolute atomic E-state index is 12.5. The van der Waals surface area contributed by atoms with Crippen LogP contribution in [0.1, 0.15) is 54.9 Å². The van der Waals surface area contributed by atoms with Gasteiger partial charge in [0.1, 0.15) is 17.4 Å². The topological polar surface area (TPSA) is 108 Å². The summed E-state index contributed by atoms with van der Waals surface area (Å²) in [5.74, 6) is 1.41. The lowest BCUT2D eigenvalue weighted by molar-refractivity contribution is 0.102. The van der Waals surface area contributed by atoms with E-state index in [0.717, 1.165) is 11.4 Å². The number of anilines is 1. The predicted molar refractivity (Wildman–Crippen MR) is 105 cm³/mol. The van der Waals surface area contributed by atoms with Crippen LogP contribution in [0, 0.1) is 5.92 Å². The van der Waals surface area contributed by atoms with Gasteiger partial charge in [0.05, 0.1) is 6.04 Å². The second-order valence-electron chi connectivity index (χ2n) is 7.00. The summed E-state index contributed by atoms with van der Waals surface area (Å²) in [6, 6.07) is 7.08. The van der Waals surface area contributed by atoms with Crippen LogP contribution in [0.15, 0.2) is 24.3 Å². The van der Waals surface area contributed by atoms with Crippen molar-refractivity contribution in [3.8, 4) is 5.75 Å². The van der Waals surface area contributed by atoms with Crippen LogP contribution in [0.2, 0.25) is 0 Å². The van der Waals surface area contributed by atoms with E-state index in [1.54, 1.807) is 28.9 Å². The molecule has 0 saturated carbocycles. The molecule has 3 rings (SSSR count). The number of rotatable bonds is 8. The number of carbonyl (C=O) groups is 1. The molecule has 0 unspecified atom stereocenters. The Morgan fingerprint density at radius 1 is 1.21 bits per heavy atom. The smallest absolute Gasteiger partial charge is 0.257 e. The lowest BCUT2D eigenvalue weighted by Gasteiger charge is -2.10. The Kier molecular flexibility index (Phi) is 6.30. The van der Waals surface area contributed by atoms with Crippen molar-refractivity contribution in [3.05, 3.63) is 40.7 Å². The molecule has 0 bridgehead atoms. The summed E-state index contributed by atoms with van der Waals surface area (Å²) in [6.07, 6.45) is 0.840. The zero-order chi connectivity index (χ0) is 20.1. The Morgan fingerprint density at radius 2 is 2.04 bits per heavy atom. The highest BCUT2D eigenvalue weighted by Crippen LogP contribution is 2.20. The normalized spacial score (nSPS) is 11.2. The van der Waals surface area contributed by atoms with Gasteiger partial charge in [-0.15, -0.1) is 15.3 Å². The number of tetrazole rings is 1. The lowest BCUT2D eigenvalue weighted by atomic mass is 10.1. The van der Waals surface area contributed by atoms with E-state index in [9.17, 15) is 4.79 Å². The maximum Gasteiger partial charge on any atom is 0.257 e. The number of nitrogens with one attached hydrogen (secondary N) is 1. The van der Waals surface area contributed by atoms with E-state index in [1.807, 2.05) is 13.8 Å². The first-order chi connectivity index (χ1) is 13.4. The average molecular weight is 401 g/mol. The van der Waals surface area contributed by atoms with Crippen LogP contribution in [0.25, 0.3) is 0 Å². The van der Waals surface area contributed by atoms with Gasteiger partial charge in [-0.3, -0.25) is 10.1 Å². The minimum absolute atomic E-state index is 0.137. The van der Waals surface area contributed by atoms with Crippen molar-refractivity contribution in [1.29, 1.82) is 0 Å². The summed E-state index contributed by atoms with van der Waals surface area (Å²) in [6.45, 7) is 8.43. The molecule has 1 N–H and O–H groups in total. The first kappa shape index (κ1) is 19.9. The Labute approximate surface area is 167 Å². The Bertz CT molecular complexity index is 935. The molecule has 2 aromatic heterocycles. The van der Waals surface area contributed by atoms with Crippen LogP contribution in [-0.2, 0) is 13.0 Å². The van der Waals surface area contributed by atoms with Crippen LogP contribution >= 0.6 is 11.3 Å². The standard InChI is InChI=1S/C18H23N7O2S/c1-11(2)8-16-21-22-18(28-16)19-17(26)13-6-5-7-14(9-13)27-10-15-20-23-24-25(15)12(3)4/h5-7,9,11-12H,8,10H2,1-4H3,(H,19,22,26). The van der Waals surface area contributed by atoms with E-state index in [1.165, 1.54) is 11.3 Å². The van der Waals surface area contributed by atoms with Crippen LogP contribution < -0.4 is 10.1 Å². The molecule has 0 radical (unpaired) electrons. The van der Waals surface area contributed by atoms with Gasteiger partial charge in [-0.05, 0) is 48.4 Å². The third kappa shape index (κ3) is 5.10. The fourth-order valence-electron chi connectivity index (χ4n) is 2.49. The van der Waals surface area contributed by atoms with E-state index in [2.05, 4.69) is 44.9 Å². The second-order valence-corrected chi connectivity index (χ2v) is 8.07. The maximum atomic E-state index is 12.5. The fraction of sp³-hybridized carbons (Fsp3) is 0.444. The molecular formula is C18H23N7O2S. The summed E-state index contributed by atoms with van der Waals surface area (Å²) in [7, 11) is 0. The van der Waals surface area contributed by atoms with Crippen molar-refractivity contribution < 1.29 is 9.53 Å². The van der Waals surface area contributed by atoms with Crippen molar-refractivity contribution in [2.45, 2.75) is 46.8 Å². The summed E-state index contributed by atoms with van der Waals surface area (Å²) in [5, 5.41) is 23.9. The summed E-state index contributed by atoms with van der Waals surface area (Å²) >= 11 is 1.39. The third-order valence-electron chi connectivity index (χ3n) is 3.78. The fourth-order valence-corrected chi connectivity index (χ4v) is 3.44. The lowest BCUT2D eigenvalue weighted by Crippen LogP contribution is -2.12. The highest BCUT2D eigenvalue weighted by molar-refractivity contribution is 7.15. The first-order valence-corrected chi connectivity index (χ1v) is 9.87. The molecule has 0 spiro atoms. The highest BCUT2D eigenvalue weighted by atomic mass is 32.1. The van der Waals surface area contributed by atoms with Crippen LogP contribution in [0.5, 0.6) is 5.75 Å². The summed E-state index contributed by atoms with van der Waals surface area (Å²) < 4.78 is 7.46. The van der Waals surface area contributed by atoms with Gasteiger partial charge < -0.3 is 4.74 Å². The van der Waals surface area contributed by atoms with Crippen molar-refractivity contribution in [2.75, 3.05) is 5.32 Å². The molecule has 0 atom stereocenters. The highest BCUT2D eigenvalue weighted by Gasteiger charge is 2.13. The SMILES string of the molecule is CC(C)Cc1nnc(NC(=O)c2cccc(OCc3nnnn3C(C)C)c2)s1. The van der Waals surface area contributed by atoms with Gasteiger partial charge in [0.2, 0.25) is 5.13 Å². The summed E-state index contributed by atoms with van der Waals surface area (Å²) in [4.78, 5) is 12.5. The zero-order valence-corrected chi connectivity index (χ0v) is 17.1. The monoisotopic (exact) mass is 401 g/mol. The molecular weight excluding hydrogens is 378 g/mol. The quantitative estimate of drug-likeness (QED) is 0.618. The molecule has 28 heavy (non-hydrogen) atoms. The van der Waals surface area contributed by atoms with E-state index < -0.39 is 0 Å². The molecule has 148 valence electrons. The van der Waals surface area contributed by atoms with Gasteiger partial charge in [-0.25, -0.2) is 4.68 Å². The molecule has 2 heterocycles. The van der Waals surface area contributed by atoms with E-state index in [4.69, 9.17) is 4.74 Å². The number of hydrogen-bond acceptors (Lipinski definition) is 8. The molecule has 3 aromatic rings. The number of hydrogen-bond donors (Lipinski definition) is 1. The molecule has 0 saturated heterocycles. The average Bonchev–Trinajstić information content (AvgIpc) is 3.29. The van der Waals surface area contributed by atoms with E-state index in [0.29, 0.717) is 28.2 Å². The molecule has 1 aromatic carbocycles. The van der Waals surface area contributed by atoms with Gasteiger partial charge in [0, 0.05) is 12.0 Å². The van der Waals surface area contributed by atoms with Crippen molar-refractivity contribution >= 4 is 22.4 Å². The minimum atomic E-state index is -0.260. The molecule has 1 amide bonds. The van der Waals surface area contributed by atoms with Gasteiger partial charge in [0.25, 0.3) is 5.91 Å². The minimum Gasteiger partial charge on any atom is -0.486 e. The Hall–Kier alpha value is -2.88. The number of benzene rings is 1. The number of ether oxygens (including phenoxy) is 1.